The van der Waals surface area contributed by atoms with Gasteiger partial charge in [-0.3, -0.25) is 0 Å². The van der Waals surface area contributed by atoms with Crippen molar-refractivity contribution in [3.8, 4) is 0 Å². The zero-order valence-corrected chi connectivity index (χ0v) is 9.73. The van der Waals surface area contributed by atoms with Crippen molar-refractivity contribution in [1.29, 1.82) is 0 Å². The summed E-state index contributed by atoms with van der Waals surface area (Å²) in [5, 5.41) is 46.2. The average Bonchev–Trinajstić information content (AvgIpc) is 2.31. The van der Waals surface area contributed by atoms with E-state index in [0.29, 0.717) is 0 Å². The summed E-state index contributed by atoms with van der Waals surface area (Å²) in [5.74, 6) is -5.19. The van der Waals surface area contributed by atoms with E-state index in [1.165, 1.54) is 6.92 Å². The molecule has 2 unspecified atom stereocenters. The van der Waals surface area contributed by atoms with Gasteiger partial charge in [0.1, 0.15) is 6.10 Å². The third-order valence-electron chi connectivity index (χ3n) is 3.16. The van der Waals surface area contributed by atoms with Gasteiger partial charge in [0, 0.05) is 12.3 Å². The second-order valence-electron chi connectivity index (χ2n) is 4.49. The number of hydrogen-bond acceptors (Lipinski definition) is 6. The summed E-state index contributed by atoms with van der Waals surface area (Å²) >= 11 is 0. The zero-order chi connectivity index (χ0) is 14.1. The van der Waals surface area contributed by atoms with Crippen LogP contribution in [-0.4, -0.2) is 68.4 Å². The summed E-state index contributed by atoms with van der Waals surface area (Å²) in [5.41, 5.74) is 0. The Morgan fingerprint density at radius 3 is 2.61 bits per heavy atom. The van der Waals surface area contributed by atoms with Crippen LogP contribution < -0.4 is 0 Å². The van der Waals surface area contributed by atoms with Crippen molar-refractivity contribution in [2.24, 2.45) is 5.92 Å². The second-order valence-corrected chi connectivity index (χ2v) is 4.49. The zero-order valence-electron chi connectivity index (χ0n) is 9.73. The van der Waals surface area contributed by atoms with Crippen LogP contribution in [0.4, 0.5) is 4.39 Å². The Hall–Kier alpha value is -0.800. The highest BCUT2D eigenvalue weighted by molar-refractivity contribution is 5.75. The van der Waals surface area contributed by atoms with Crippen LogP contribution in [0.1, 0.15) is 13.3 Å². The number of aliphatic carboxylic acids is 1. The van der Waals surface area contributed by atoms with Crippen molar-refractivity contribution in [2.45, 2.75) is 43.6 Å². The Balaban J connectivity index is 2.92. The maximum Gasteiger partial charge on any atom is 0.364 e. The first-order valence-corrected chi connectivity index (χ1v) is 5.47. The summed E-state index contributed by atoms with van der Waals surface area (Å²) in [6, 6.07) is 0. The maximum absolute atomic E-state index is 13.2. The summed E-state index contributed by atoms with van der Waals surface area (Å²) in [6.45, 7) is 0.444. The second kappa shape index (κ2) is 5.45. The molecule has 0 saturated carbocycles. The molecule has 8 heteroatoms. The number of halogens is 1. The van der Waals surface area contributed by atoms with Crippen LogP contribution in [0.15, 0.2) is 0 Å². The molecular weight excluding hydrogens is 251 g/mol. The molecule has 0 spiro atoms. The maximum atomic E-state index is 13.2. The smallest absolute Gasteiger partial charge is 0.364 e. The van der Waals surface area contributed by atoms with Crippen LogP contribution in [-0.2, 0) is 9.53 Å². The summed E-state index contributed by atoms with van der Waals surface area (Å²) in [7, 11) is 0. The number of carboxylic acids is 1. The number of rotatable bonds is 4. The molecule has 18 heavy (non-hydrogen) atoms. The highest BCUT2D eigenvalue weighted by Gasteiger charge is 2.52. The molecule has 106 valence electrons. The number of carboxylic acid groups (broad SMARTS) is 1. The van der Waals surface area contributed by atoms with Crippen LogP contribution >= 0.6 is 0 Å². The Morgan fingerprint density at radius 2 is 2.17 bits per heavy atom. The molecule has 1 heterocycles. The molecule has 1 aliphatic rings. The van der Waals surface area contributed by atoms with Gasteiger partial charge in [-0.2, -0.15) is 0 Å². The molecule has 0 aromatic rings. The molecule has 0 bridgehead atoms. The average molecular weight is 268 g/mol. The third-order valence-corrected chi connectivity index (χ3v) is 3.16. The van der Waals surface area contributed by atoms with E-state index in [1.54, 1.807) is 0 Å². The first-order valence-electron chi connectivity index (χ1n) is 5.47. The monoisotopic (exact) mass is 268 g/mol. The molecule has 0 amide bonds. The van der Waals surface area contributed by atoms with E-state index in [4.69, 9.17) is 14.9 Å². The van der Waals surface area contributed by atoms with Gasteiger partial charge in [-0.25, -0.2) is 9.18 Å². The van der Waals surface area contributed by atoms with E-state index in [9.17, 15) is 24.5 Å². The molecule has 0 aromatic heterocycles. The summed E-state index contributed by atoms with van der Waals surface area (Å²) < 4.78 is 18.0. The first-order chi connectivity index (χ1) is 8.23. The molecule has 0 aliphatic carbocycles. The number of alkyl halides is 1. The molecule has 7 nitrogen and oxygen atoms in total. The van der Waals surface area contributed by atoms with E-state index < -0.39 is 55.2 Å². The van der Waals surface area contributed by atoms with E-state index in [2.05, 4.69) is 0 Å². The van der Waals surface area contributed by atoms with Gasteiger partial charge in [-0.15, -0.1) is 0 Å². The van der Waals surface area contributed by atoms with Crippen molar-refractivity contribution in [2.75, 3.05) is 6.61 Å². The first kappa shape index (κ1) is 15.3. The largest absolute Gasteiger partial charge is 0.477 e. The van der Waals surface area contributed by atoms with Gasteiger partial charge in [0.25, 0.3) is 5.79 Å². The minimum absolute atomic E-state index is 0.581. The topological polar surface area (TPSA) is 127 Å². The van der Waals surface area contributed by atoms with Gasteiger partial charge in [-0.1, -0.05) is 6.92 Å². The normalized spacial score (nSPS) is 40.2. The van der Waals surface area contributed by atoms with Crippen LogP contribution in [0, 0.1) is 5.92 Å². The molecule has 0 radical (unpaired) electrons. The van der Waals surface area contributed by atoms with Crippen LogP contribution in [0.3, 0.4) is 0 Å². The minimum atomic E-state index is -2.67. The van der Waals surface area contributed by atoms with Crippen molar-refractivity contribution in [3.05, 3.63) is 0 Å². The van der Waals surface area contributed by atoms with E-state index in [-0.39, 0.29) is 0 Å². The number of aliphatic hydroxyl groups is 4. The quantitative estimate of drug-likeness (QED) is 0.408. The van der Waals surface area contributed by atoms with Gasteiger partial charge in [0.05, 0.1) is 18.8 Å². The summed E-state index contributed by atoms with van der Waals surface area (Å²) in [4.78, 5) is 10.8. The number of ether oxygens (including phenoxy) is 1. The third kappa shape index (κ3) is 2.78. The molecule has 1 fully saturated rings. The van der Waals surface area contributed by atoms with Crippen molar-refractivity contribution in [1.82, 2.24) is 0 Å². The number of aliphatic hydroxyl groups excluding tert-OH is 3. The standard InChI is InChI=1S/C10H17FO7/c1-4-6(13)2-10(17,9(15)16)18-8(4)7(14)5(11)3-12/h4-8,12-14,17H,2-3H2,1H3,(H,15,16)/t4-,5+,6+,7-,8?,10?/m1/s1. The van der Waals surface area contributed by atoms with Crippen molar-refractivity contribution < 1.29 is 39.5 Å². The molecule has 1 rings (SSSR count). The molecule has 1 aliphatic heterocycles. The number of carbonyl (C=O) groups is 1. The van der Waals surface area contributed by atoms with Crippen LogP contribution in [0.5, 0.6) is 0 Å². The summed E-state index contributed by atoms with van der Waals surface area (Å²) in [6.07, 6.45) is -7.18. The lowest BCUT2D eigenvalue weighted by Crippen LogP contribution is -2.59. The predicted molar refractivity (Wildman–Crippen MR) is 55.2 cm³/mol. The molecule has 6 atom stereocenters. The minimum Gasteiger partial charge on any atom is -0.477 e. The lowest BCUT2D eigenvalue weighted by molar-refractivity contribution is -0.300. The fraction of sp³-hybridized carbons (Fsp3) is 0.900. The number of hydrogen-bond donors (Lipinski definition) is 5. The fourth-order valence-corrected chi connectivity index (χ4v) is 1.90. The van der Waals surface area contributed by atoms with Gasteiger partial charge < -0.3 is 30.3 Å². The van der Waals surface area contributed by atoms with Crippen molar-refractivity contribution >= 4 is 5.97 Å². The molecular formula is C10H17FO7. The van der Waals surface area contributed by atoms with Crippen molar-refractivity contribution in [3.63, 3.8) is 0 Å². The fourth-order valence-electron chi connectivity index (χ4n) is 1.90. The van der Waals surface area contributed by atoms with E-state index in [0.717, 1.165) is 0 Å². The van der Waals surface area contributed by atoms with E-state index in [1.807, 2.05) is 0 Å². The predicted octanol–water partition coefficient (Wildman–Crippen LogP) is -1.76. The molecule has 1 saturated heterocycles. The van der Waals surface area contributed by atoms with Crippen LogP contribution in [0.25, 0.3) is 0 Å². The van der Waals surface area contributed by atoms with Gasteiger partial charge in [0.15, 0.2) is 6.17 Å². The van der Waals surface area contributed by atoms with Gasteiger partial charge in [-0.05, 0) is 0 Å². The molecule has 5 N–H and O–H groups in total. The Kier molecular flexibility index (Phi) is 4.62. The highest BCUT2D eigenvalue weighted by Crippen LogP contribution is 2.34. The SMILES string of the molecule is C[C@H]1C([C@H](O)[C@@H](F)CO)OC(O)(C(=O)O)C[C@@H]1O. The Bertz CT molecular complexity index is 313. The molecule has 0 aromatic carbocycles. The Labute approximate surface area is 102 Å². The van der Waals surface area contributed by atoms with Gasteiger partial charge >= 0.3 is 5.97 Å². The van der Waals surface area contributed by atoms with Crippen LogP contribution in [0.2, 0.25) is 0 Å². The highest BCUT2D eigenvalue weighted by atomic mass is 19.1. The lowest BCUT2D eigenvalue weighted by atomic mass is 9.85. The van der Waals surface area contributed by atoms with Gasteiger partial charge in [0.2, 0.25) is 0 Å². The Morgan fingerprint density at radius 1 is 1.61 bits per heavy atom. The lowest BCUT2D eigenvalue weighted by Gasteiger charge is -2.43. The van der Waals surface area contributed by atoms with E-state index >= 15 is 0 Å².